The van der Waals surface area contributed by atoms with Gasteiger partial charge in [-0.05, 0) is 32.0 Å². The van der Waals surface area contributed by atoms with Gasteiger partial charge in [-0.15, -0.1) is 0 Å². The summed E-state index contributed by atoms with van der Waals surface area (Å²) in [6, 6.07) is 14.1. The van der Waals surface area contributed by atoms with Crippen molar-refractivity contribution >= 4 is 34.3 Å². The van der Waals surface area contributed by atoms with Crippen LogP contribution < -0.4 is 5.32 Å². The number of esters is 1. The van der Waals surface area contributed by atoms with Crippen LogP contribution in [-0.4, -0.2) is 28.3 Å². The van der Waals surface area contributed by atoms with E-state index in [2.05, 4.69) is 5.32 Å². The molecule has 0 aliphatic carbocycles. The first-order valence-electron chi connectivity index (χ1n) is 8.53. The lowest BCUT2D eigenvalue weighted by Crippen LogP contribution is -2.30. The number of aryl methyl sites for hydroxylation is 1. The molecule has 0 spiro atoms. The number of ether oxygens (including phenoxy) is 1. The lowest BCUT2D eigenvalue weighted by molar-refractivity contribution is -0.123. The van der Waals surface area contributed by atoms with Crippen molar-refractivity contribution in [3.8, 4) is 0 Å². The molecule has 1 aromatic heterocycles. The fraction of sp³-hybridized carbons (Fsp3) is 0.190. The number of carbonyl (C=O) groups is 3. The molecule has 0 saturated carbocycles. The highest BCUT2D eigenvalue weighted by atomic mass is 16.5. The Morgan fingerprint density at radius 2 is 1.81 bits per heavy atom. The van der Waals surface area contributed by atoms with Gasteiger partial charge in [0.05, 0.1) is 5.56 Å². The van der Waals surface area contributed by atoms with Crippen molar-refractivity contribution in [1.29, 1.82) is 0 Å². The minimum atomic E-state index is -0.988. The number of nitrogens with zero attached hydrogens (tertiary/aromatic N) is 1. The molecule has 3 aromatic rings. The van der Waals surface area contributed by atoms with Crippen LogP contribution in [0, 0.1) is 0 Å². The van der Waals surface area contributed by atoms with Gasteiger partial charge in [-0.2, -0.15) is 0 Å². The summed E-state index contributed by atoms with van der Waals surface area (Å²) in [7, 11) is 1.84. The van der Waals surface area contributed by atoms with Crippen molar-refractivity contribution in [3.63, 3.8) is 0 Å². The molecule has 6 nitrogen and oxygen atoms in total. The van der Waals surface area contributed by atoms with E-state index in [4.69, 9.17) is 4.74 Å². The molecule has 1 amide bonds. The molecular formula is C21H20N2O4. The number of ketones is 1. The van der Waals surface area contributed by atoms with E-state index in [0.29, 0.717) is 16.8 Å². The molecule has 1 heterocycles. The topological polar surface area (TPSA) is 77.4 Å². The number of aromatic nitrogens is 1. The van der Waals surface area contributed by atoms with E-state index in [1.165, 1.54) is 13.8 Å². The summed E-state index contributed by atoms with van der Waals surface area (Å²) in [6.45, 7) is 2.96. The molecule has 0 radical (unpaired) electrons. The number of para-hydroxylation sites is 1. The van der Waals surface area contributed by atoms with Crippen molar-refractivity contribution in [3.05, 3.63) is 65.9 Å². The van der Waals surface area contributed by atoms with Crippen molar-refractivity contribution in [2.24, 2.45) is 7.05 Å². The number of benzene rings is 2. The SMILES string of the molecule is CC(=O)c1cccc(NC(=O)[C@@H](C)OC(=O)c2cn(C)c3ccccc23)c1. The van der Waals surface area contributed by atoms with Crippen LogP contribution in [0.2, 0.25) is 0 Å². The Balaban J connectivity index is 1.71. The van der Waals surface area contributed by atoms with Crippen LogP contribution >= 0.6 is 0 Å². The average Bonchev–Trinajstić information content (AvgIpc) is 2.99. The molecule has 27 heavy (non-hydrogen) atoms. The van der Waals surface area contributed by atoms with Crippen molar-refractivity contribution in [2.75, 3.05) is 5.32 Å². The van der Waals surface area contributed by atoms with Gasteiger partial charge >= 0.3 is 5.97 Å². The average molecular weight is 364 g/mol. The van der Waals surface area contributed by atoms with E-state index in [-0.39, 0.29) is 5.78 Å². The molecule has 0 fully saturated rings. The number of rotatable bonds is 5. The Labute approximate surface area is 156 Å². The first-order valence-corrected chi connectivity index (χ1v) is 8.53. The zero-order chi connectivity index (χ0) is 19.6. The molecule has 0 aliphatic heterocycles. The Bertz CT molecular complexity index is 1040. The van der Waals surface area contributed by atoms with Crippen LogP contribution in [0.5, 0.6) is 0 Å². The second-order valence-corrected chi connectivity index (χ2v) is 6.34. The molecule has 0 saturated heterocycles. The fourth-order valence-electron chi connectivity index (χ4n) is 2.84. The lowest BCUT2D eigenvalue weighted by Gasteiger charge is -2.13. The molecule has 138 valence electrons. The Morgan fingerprint density at radius 3 is 2.56 bits per heavy atom. The van der Waals surface area contributed by atoms with E-state index in [1.54, 1.807) is 30.5 Å². The largest absolute Gasteiger partial charge is 0.449 e. The first-order chi connectivity index (χ1) is 12.9. The number of anilines is 1. The highest BCUT2D eigenvalue weighted by Crippen LogP contribution is 2.21. The molecule has 6 heteroatoms. The van der Waals surface area contributed by atoms with Gasteiger partial charge in [0.15, 0.2) is 11.9 Å². The number of Topliss-reactive ketones (excluding diaryl/α,β-unsaturated/α-hetero) is 1. The molecule has 0 unspecified atom stereocenters. The zero-order valence-electron chi connectivity index (χ0n) is 15.4. The molecule has 0 aliphatic rings. The monoisotopic (exact) mass is 364 g/mol. The first kappa shape index (κ1) is 18.4. The predicted molar refractivity (Wildman–Crippen MR) is 103 cm³/mol. The number of hydrogen-bond donors (Lipinski definition) is 1. The minimum Gasteiger partial charge on any atom is -0.449 e. The van der Waals surface area contributed by atoms with E-state index < -0.39 is 18.0 Å². The quantitative estimate of drug-likeness (QED) is 0.555. The van der Waals surface area contributed by atoms with Crippen molar-refractivity contribution in [2.45, 2.75) is 20.0 Å². The van der Waals surface area contributed by atoms with Gasteiger partial charge in [-0.25, -0.2) is 4.79 Å². The Morgan fingerprint density at radius 1 is 1.07 bits per heavy atom. The third-order valence-electron chi connectivity index (χ3n) is 4.31. The van der Waals surface area contributed by atoms with Crippen molar-refractivity contribution in [1.82, 2.24) is 4.57 Å². The van der Waals surface area contributed by atoms with E-state index >= 15 is 0 Å². The highest BCUT2D eigenvalue weighted by Gasteiger charge is 2.22. The van der Waals surface area contributed by atoms with Crippen LogP contribution in [0.3, 0.4) is 0 Å². The van der Waals surface area contributed by atoms with Crippen LogP contribution in [0.1, 0.15) is 34.6 Å². The maximum atomic E-state index is 12.5. The summed E-state index contributed by atoms with van der Waals surface area (Å²) >= 11 is 0. The Kier molecular flexibility index (Phi) is 5.07. The number of amides is 1. The van der Waals surface area contributed by atoms with Crippen LogP contribution in [0.15, 0.2) is 54.7 Å². The number of fused-ring (bicyclic) bond motifs is 1. The van der Waals surface area contributed by atoms with Gasteiger partial charge in [0, 0.05) is 35.4 Å². The third kappa shape index (κ3) is 3.89. The van der Waals surface area contributed by atoms with E-state index in [1.807, 2.05) is 35.9 Å². The summed E-state index contributed by atoms with van der Waals surface area (Å²) in [5, 5.41) is 3.43. The van der Waals surface area contributed by atoms with Crippen LogP contribution in [0.25, 0.3) is 10.9 Å². The van der Waals surface area contributed by atoms with Crippen molar-refractivity contribution < 1.29 is 19.1 Å². The molecule has 1 N–H and O–H groups in total. The summed E-state index contributed by atoms with van der Waals surface area (Å²) in [6.07, 6.45) is 0.700. The highest BCUT2D eigenvalue weighted by molar-refractivity contribution is 6.05. The molecule has 3 rings (SSSR count). The molecule has 1 atom stereocenters. The van der Waals surface area contributed by atoms with Gasteiger partial charge < -0.3 is 14.6 Å². The van der Waals surface area contributed by atoms with Gasteiger partial charge in [0.25, 0.3) is 5.91 Å². The summed E-state index contributed by atoms with van der Waals surface area (Å²) in [5.41, 5.74) is 2.28. The predicted octanol–water partition coefficient (Wildman–Crippen LogP) is 3.56. The number of hydrogen-bond acceptors (Lipinski definition) is 4. The fourth-order valence-corrected chi connectivity index (χ4v) is 2.84. The third-order valence-corrected chi connectivity index (χ3v) is 4.31. The maximum Gasteiger partial charge on any atom is 0.341 e. The summed E-state index contributed by atoms with van der Waals surface area (Å²) < 4.78 is 7.18. The second-order valence-electron chi connectivity index (χ2n) is 6.34. The van der Waals surface area contributed by atoms with E-state index in [0.717, 1.165) is 10.9 Å². The normalized spacial score (nSPS) is 11.8. The van der Waals surface area contributed by atoms with E-state index in [9.17, 15) is 14.4 Å². The number of carbonyl (C=O) groups excluding carboxylic acids is 3. The van der Waals surface area contributed by atoms with Gasteiger partial charge in [0.2, 0.25) is 0 Å². The molecule has 0 bridgehead atoms. The van der Waals surface area contributed by atoms with Gasteiger partial charge in [-0.3, -0.25) is 9.59 Å². The number of nitrogens with one attached hydrogen (secondary N) is 1. The maximum absolute atomic E-state index is 12.5. The standard InChI is InChI=1S/C21H20N2O4/c1-13(24)15-7-6-8-16(11-15)22-20(25)14(2)27-21(26)18-12-23(3)19-10-5-4-9-17(18)19/h4-12,14H,1-3H3,(H,22,25)/t14-/m1/s1. The molecule has 2 aromatic carbocycles. The lowest BCUT2D eigenvalue weighted by atomic mass is 10.1. The summed E-state index contributed by atoms with van der Waals surface area (Å²) in [5.74, 6) is -1.13. The zero-order valence-corrected chi connectivity index (χ0v) is 15.4. The molecular weight excluding hydrogens is 344 g/mol. The Hall–Kier alpha value is -3.41. The van der Waals surface area contributed by atoms with Crippen LogP contribution in [0.4, 0.5) is 5.69 Å². The van der Waals surface area contributed by atoms with Crippen LogP contribution in [-0.2, 0) is 16.6 Å². The summed E-state index contributed by atoms with van der Waals surface area (Å²) in [4.78, 5) is 36.3. The minimum absolute atomic E-state index is 0.0958. The van der Waals surface area contributed by atoms with Gasteiger partial charge in [-0.1, -0.05) is 30.3 Å². The van der Waals surface area contributed by atoms with Gasteiger partial charge in [0.1, 0.15) is 0 Å². The second kappa shape index (κ2) is 7.45. The smallest absolute Gasteiger partial charge is 0.341 e.